The molecule has 3 N–H and O–H groups in total. The zero-order chi connectivity index (χ0) is 12.4. The van der Waals surface area contributed by atoms with Gasteiger partial charge < -0.3 is 11.1 Å². The maximum atomic E-state index is 13.1. The summed E-state index contributed by atoms with van der Waals surface area (Å²) in [7, 11) is 0. The summed E-state index contributed by atoms with van der Waals surface area (Å²) in [6, 6.07) is 8.10. The number of halogens is 2. The molecule has 0 fully saturated rings. The van der Waals surface area contributed by atoms with Gasteiger partial charge >= 0.3 is 0 Å². The molecule has 0 saturated carbocycles. The molecule has 2 rings (SSSR count). The fourth-order valence-corrected chi connectivity index (χ4v) is 2.58. The molecule has 2 nitrogen and oxygen atoms in total. The summed E-state index contributed by atoms with van der Waals surface area (Å²) in [5.74, 6) is -0.307. The summed E-state index contributed by atoms with van der Waals surface area (Å²) < 4.78 is 13.8. The summed E-state index contributed by atoms with van der Waals surface area (Å²) in [4.78, 5) is 1.08. The Kier molecular flexibility index (Phi) is 3.54. The molecular weight excluding hydrogens is 259 g/mol. The monoisotopic (exact) mass is 270 g/mol. The normalized spacial score (nSPS) is 12.4. The minimum atomic E-state index is -0.307. The van der Waals surface area contributed by atoms with Gasteiger partial charge in [-0.25, -0.2) is 4.39 Å². The van der Waals surface area contributed by atoms with E-state index in [1.807, 2.05) is 19.1 Å². The van der Waals surface area contributed by atoms with Crippen molar-refractivity contribution in [3.63, 3.8) is 0 Å². The van der Waals surface area contributed by atoms with E-state index in [0.29, 0.717) is 11.4 Å². The first-order chi connectivity index (χ1) is 8.06. The quantitative estimate of drug-likeness (QED) is 0.816. The third-order valence-corrected chi connectivity index (χ3v) is 3.82. The van der Waals surface area contributed by atoms with Crippen LogP contribution in [0.4, 0.5) is 15.8 Å². The highest BCUT2D eigenvalue weighted by Gasteiger charge is 2.10. The second-order valence-corrected chi connectivity index (χ2v) is 5.49. The van der Waals surface area contributed by atoms with Crippen LogP contribution in [0.5, 0.6) is 0 Å². The van der Waals surface area contributed by atoms with Gasteiger partial charge in [0.05, 0.1) is 21.8 Å². The number of nitrogens with two attached hydrogens (primary N) is 1. The van der Waals surface area contributed by atoms with E-state index in [9.17, 15) is 4.39 Å². The van der Waals surface area contributed by atoms with Crippen LogP contribution in [0.15, 0.2) is 30.3 Å². The van der Waals surface area contributed by atoms with Gasteiger partial charge in [-0.3, -0.25) is 0 Å². The van der Waals surface area contributed by atoms with Gasteiger partial charge in [-0.05, 0) is 37.3 Å². The number of benzene rings is 1. The van der Waals surface area contributed by atoms with E-state index in [0.717, 1.165) is 9.21 Å². The summed E-state index contributed by atoms with van der Waals surface area (Å²) in [5.41, 5.74) is 6.90. The van der Waals surface area contributed by atoms with Crippen LogP contribution in [0, 0.1) is 5.82 Å². The Hall–Kier alpha value is -1.26. The zero-order valence-electron chi connectivity index (χ0n) is 9.21. The first-order valence-corrected chi connectivity index (χ1v) is 6.32. The van der Waals surface area contributed by atoms with Gasteiger partial charge in [0.2, 0.25) is 0 Å². The fraction of sp³-hybridized carbons (Fsp3) is 0.167. The van der Waals surface area contributed by atoms with Gasteiger partial charge in [-0.15, -0.1) is 11.3 Å². The second kappa shape index (κ2) is 4.94. The molecule has 1 aromatic carbocycles. The lowest BCUT2D eigenvalue weighted by Crippen LogP contribution is -2.07. The van der Waals surface area contributed by atoms with Crippen molar-refractivity contribution < 1.29 is 4.39 Å². The summed E-state index contributed by atoms with van der Waals surface area (Å²) in [6.45, 7) is 1.98. The zero-order valence-corrected chi connectivity index (χ0v) is 10.8. The molecule has 0 aliphatic carbocycles. The third-order valence-electron chi connectivity index (χ3n) is 2.41. The highest BCUT2D eigenvalue weighted by Crippen LogP contribution is 2.30. The van der Waals surface area contributed by atoms with Crippen molar-refractivity contribution in [2.24, 2.45) is 0 Å². The summed E-state index contributed by atoms with van der Waals surface area (Å²) >= 11 is 7.36. The molecule has 0 bridgehead atoms. The van der Waals surface area contributed by atoms with Crippen molar-refractivity contribution in [3.8, 4) is 0 Å². The second-order valence-electron chi connectivity index (χ2n) is 3.74. The molecule has 0 radical (unpaired) electrons. The number of anilines is 2. The highest BCUT2D eigenvalue weighted by atomic mass is 35.5. The Bertz CT molecular complexity index is 527. The Labute approximate surface area is 108 Å². The van der Waals surface area contributed by atoms with Gasteiger partial charge in [-0.2, -0.15) is 0 Å². The number of thiophene rings is 1. The molecule has 0 amide bonds. The number of hydrogen-bond acceptors (Lipinski definition) is 3. The minimum Gasteiger partial charge on any atom is -0.397 e. The average Bonchev–Trinajstić information content (AvgIpc) is 2.70. The van der Waals surface area contributed by atoms with Crippen LogP contribution in [0.3, 0.4) is 0 Å². The first kappa shape index (κ1) is 12.2. The van der Waals surface area contributed by atoms with Crippen LogP contribution in [0.25, 0.3) is 0 Å². The van der Waals surface area contributed by atoms with Crippen molar-refractivity contribution in [2.45, 2.75) is 13.0 Å². The van der Waals surface area contributed by atoms with E-state index in [4.69, 9.17) is 17.3 Å². The van der Waals surface area contributed by atoms with E-state index >= 15 is 0 Å². The lowest BCUT2D eigenvalue weighted by molar-refractivity contribution is 0.628. The van der Waals surface area contributed by atoms with Gasteiger partial charge in [0.25, 0.3) is 0 Å². The molecule has 1 heterocycles. The lowest BCUT2D eigenvalue weighted by atomic mass is 10.2. The molecule has 0 aliphatic heterocycles. The van der Waals surface area contributed by atoms with Crippen molar-refractivity contribution in [3.05, 3.63) is 45.4 Å². The van der Waals surface area contributed by atoms with Crippen molar-refractivity contribution in [1.82, 2.24) is 0 Å². The molecule has 0 saturated heterocycles. The van der Waals surface area contributed by atoms with Gasteiger partial charge in [-0.1, -0.05) is 11.6 Å². The Morgan fingerprint density at radius 2 is 2.12 bits per heavy atom. The van der Waals surface area contributed by atoms with Gasteiger partial charge in [0, 0.05) is 4.88 Å². The molecule has 17 heavy (non-hydrogen) atoms. The SMILES string of the molecule is CC(Nc1cc(F)ccc1N)c1ccc(Cl)s1. The van der Waals surface area contributed by atoms with Crippen LogP contribution >= 0.6 is 22.9 Å². The van der Waals surface area contributed by atoms with Crippen molar-refractivity contribution in [2.75, 3.05) is 11.1 Å². The number of nitrogen functional groups attached to an aromatic ring is 1. The molecule has 0 spiro atoms. The summed E-state index contributed by atoms with van der Waals surface area (Å²) in [5, 5.41) is 3.17. The van der Waals surface area contributed by atoms with E-state index in [1.165, 1.54) is 23.5 Å². The Morgan fingerprint density at radius 3 is 2.76 bits per heavy atom. The predicted octanol–water partition coefficient (Wildman–Crippen LogP) is 4.30. The van der Waals surface area contributed by atoms with Gasteiger partial charge in [0.1, 0.15) is 5.82 Å². The third kappa shape index (κ3) is 2.90. The van der Waals surface area contributed by atoms with Gasteiger partial charge in [0.15, 0.2) is 0 Å². The summed E-state index contributed by atoms with van der Waals surface area (Å²) in [6.07, 6.45) is 0. The van der Waals surface area contributed by atoms with Crippen LogP contribution in [-0.4, -0.2) is 0 Å². The molecule has 5 heteroatoms. The minimum absolute atomic E-state index is 0.0385. The fourth-order valence-electron chi connectivity index (χ4n) is 1.52. The van der Waals surface area contributed by atoms with Crippen molar-refractivity contribution in [1.29, 1.82) is 0 Å². The smallest absolute Gasteiger partial charge is 0.125 e. The molecule has 1 atom stereocenters. The van der Waals surface area contributed by atoms with Crippen molar-refractivity contribution >= 4 is 34.3 Å². The van der Waals surface area contributed by atoms with Crippen LogP contribution in [-0.2, 0) is 0 Å². The maximum absolute atomic E-state index is 13.1. The van der Waals surface area contributed by atoms with Crippen LogP contribution in [0.2, 0.25) is 4.34 Å². The first-order valence-electron chi connectivity index (χ1n) is 5.13. The molecule has 1 aromatic heterocycles. The Balaban J connectivity index is 2.18. The predicted molar refractivity (Wildman–Crippen MR) is 72.2 cm³/mol. The molecule has 1 unspecified atom stereocenters. The lowest BCUT2D eigenvalue weighted by Gasteiger charge is -2.15. The molecule has 90 valence electrons. The van der Waals surface area contributed by atoms with E-state index in [1.54, 1.807) is 6.07 Å². The van der Waals surface area contributed by atoms with E-state index in [-0.39, 0.29) is 11.9 Å². The molecule has 2 aromatic rings. The average molecular weight is 271 g/mol. The highest BCUT2D eigenvalue weighted by molar-refractivity contribution is 7.16. The topological polar surface area (TPSA) is 38.0 Å². The number of hydrogen-bond donors (Lipinski definition) is 2. The maximum Gasteiger partial charge on any atom is 0.125 e. The van der Waals surface area contributed by atoms with Crippen LogP contribution < -0.4 is 11.1 Å². The standard InChI is InChI=1S/C12H12ClFN2S/c1-7(11-4-5-12(13)17-11)16-10-6-8(14)2-3-9(10)15/h2-7,16H,15H2,1H3. The Morgan fingerprint density at radius 1 is 1.35 bits per heavy atom. The number of rotatable bonds is 3. The van der Waals surface area contributed by atoms with E-state index < -0.39 is 0 Å². The largest absolute Gasteiger partial charge is 0.397 e. The van der Waals surface area contributed by atoms with Crippen LogP contribution in [0.1, 0.15) is 17.8 Å². The molecular formula is C12H12ClFN2S. The number of nitrogens with one attached hydrogen (secondary N) is 1. The molecule has 0 aliphatic rings. The van der Waals surface area contributed by atoms with E-state index in [2.05, 4.69) is 5.32 Å².